The molecule has 0 aromatic carbocycles. The van der Waals surface area contributed by atoms with Crippen LogP contribution in [0, 0.1) is 12.3 Å². The van der Waals surface area contributed by atoms with Gasteiger partial charge in [0, 0.05) is 19.5 Å². The van der Waals surface area contributed by atoms with E-state index in [0.717, 1.165) is 13.0 Å². The molecule has 0 heterocycles. The van der Waals surface area contributed by atoms with Crippen molar-refractivity contribution < 1.29 is 4.79 Å². The van der Waals surface area contributed by atoms with Crippen LogP contribution in [0.5, 0.6) is 0 Å². The summed E-state index contributed by atoms with van der Waals surface area (Å²) >= 11 is 0. The van der Waals surface area contributed by atoms with Crippen LogP contribution in [0.2, 0.25) is 0 Å². The van der Waals surface area contributed by atoms with Gasteiger partial charge in [0.05, 0.1) is 6.04 Å². The van der Waals surface area contributed by atoms with Crippen LogP contribution in [0.1, 0.15) is 26.7 Å². The molecule has 0 rings (SSSR count). The largest absolute Gasteiger partial charge is 0.356 e. The molecule has 0 aromatic heterocycles. The first-order chi connectivity index (χ1) is 6.20. The summed E-state index contributed by atoms with van der Waals surface area (Å²) in [7, 11) is 0. The summed E-state index contributed by atoms with van der Waals surface area (Å²) in [6.45, 7) is 5.31. The third-order valence-electron chi connectivity index (χ3n) is 1.62. The number of amides is 1. The van der Waals surface area contributed by atoms with Gasteiger partial charge in [-0.2, -0.15) is 0 Å². The Bertz CT molecular complexity index is 184. The Morgan fingerprint density at radius 2 is 2.23 bits per heavy atom. The highest BCUT2D eigenvalue weighted by Crippen LogP contribution is 1.81. The molecule has 3 heteroatoms. The van der Waals surface area contributed by atoms with Crippen molar-refractivity contribution in [1.82, 2.24) is 10.6 Å². The Morgan fingerprint density at radius 1 is 1.54 bits per heavy atom. The van der Waals surface area contributed by atoms with Crippen molar-refractivity contribution in [1.29, 1.82) is 0 Å². The van der Waals surface area contributed by atoms with Crippen LogP contribution in [-0.2, 0) is 4.79 Å². The number of nitrogens with one attached hydrogen (secondary N) is 2. The maximum atomic E-state index is 11.1. The molecule has 0 aliphatic carbocycles. The fourth-order valence-corrected chi connectivity index (χ4v) is 0.814. The van der Waals surface area contributed by atoms with Gasteiger partial charge in [-0.3, -0.25) is 4.79 Å². The summed E-state index contributed by atoms with van der Waals surface area (Å²) in [4.78, 5) is 11.1. The third kappa shape index (κ3) is 7.35. The molecule has 3 nitrogen and oxygen atoms in total. The van der Waals surface area contributed by atoms with Crippen molar-refractivity contribution >= 4 is 5.91 Å². The predicted molar refractivity (Wildman–Crippen MR) is 54.2 cm³/mol. The third-order valence-corrected chi connectivity index (χ3v) is 1.62. The lowest BCUT2D eigenvalue weighted by atomic mass is 10.3. The molecule has 0 spiro atoms. The summed E-state index contributed by atoms with van der Waals surface area (Å²) in [5.74, 6) is 2.62. The minimum absolute atomic E-state index is 0.0407. The highest BCUT2D eigenvalue weighted by molar-refractivity contribution is 5.75. The van der Waals surface area contributed by atoms with Crippen molar-refractivity contribution in [3.8, 4) is 12.3 Å². The van der Waals surface area contributed by atoms with Gasteiger partial charge in [-0.15, -0.1) is 6.42 Å². The zero-order valence-electron chi connectivity index (χ0n) is 8.39. The standard InChI is InChI=1S/C10H18N2O/c1-4-7-12-10(13)6-8-11-9(3)5-2/h2,9,11H,4,6-8H2,1,3H3,(H,12,13). The normalized spacial score (nSPS) is 11.8. The maximum Gasteiger partial charge on any atom is 0.221 e. The highest BCUT2D eigenvalue weighted by atomic mass is 16.1. The molecule has 0 aliphatic heterocycles. The van der Waals surface area contributed by atoms with Gasteiger partial charge in [-0.05, 0) is 13.3 Å². The van der Waals surface area contributed by atoms with Gasteiger partial charge >= 0.3 is 0 Å². The van der Waals surface area contributed by atoms with E-state index in [4.69, 9.17) is 6.42 Å². The molecule has 0 saturated carbocycles. The molecule has 0 aliphatic rings. The molecule has 1 amide bonds. The van der Waals surface area contributed by atoms with Gasteiger partial charge in [0.25, 0.3) is 0 Å². The zero-order valence-corrected chi connectivity index (χ0v) is 8.39. The van der Waals surface area contributed by atoms with Crippen LogP contribution in [-0.4, -0.2) is 25.0 Å². The lowest BCUT2D eigenvalue weighted by Crippen LogP contribution is -2.31. The molecule has 0 aromatic rings. The Balaban J connectivity index is 3.33. The van der Waals surface area contributed by atoms with Crippen LogP contribution in [0.25, 0.3) is 0 Å². The fraction of sp³-hybridized carbons (Fsp3) is 0.700. The van der Waals surface area contributed by atoms with Gasteiger partial charge in [0.15, 0.2) is 0 Å². The number of carbonyl (C=O) groups excluding carboxylic acids is 1. The average Bonchev–Trinajstić information content (AvgIpc) is 2.14. The summed E-state index contributed by atoms with van der Waals surface area (Å²) < 4.78 is 0. The average molecular weight is 182 g/mol. The smallest absolute Gasteiger partial charge is 0.221 e. The van der Waals surface area contributed by atoms with E-state index in [1.807, 2.05) is 13.8 Å². The van der Waals surface area contributed by atoms with E-state index in [-0.39, 0.29) is 11.9 Å². The van der Waals surface area contributed by atoms with Crippen molar-refractivity contribution in [3.63, 3.8) is 0 Å². The van der Waals surface area contributed by atoms with Crippen LogP contribution in [0.15, 0.2) is 0 Å². The van der Waals surface area contributed by atoms with Gasteiger partial charge in [-0.1, -0.05) is 12.8 Å². The second-order valence-electron chi connectivity index (χ2n) is 2.94. The van der Waals surface area contributed by atoms with Crippen LogP contribution in [0.4, 0.5) is 0 Å². The molecule has 1 atom stereocenters. The fourth-order valence-electron chi connectivity index (χ4n) is 0.814. The Morgan fingerprint density at radius 3 is 2.77 bits per heavy atom. The van der Waals surface area contributed by atoms with Crippen molar-refractivity contribution in [3.05, 3.63) is 0 Å². The van der Waals surface area contributed by atoms with Gasteiger partial charge in [0.2, 0.25) is 5.91 Å². The molecule has 0 saturated heterocycles. The monoisotopic (exact) mass is 182 g/mol. The summed E-state index contributed by atoms with van der Waals surface area (Å²) in [5.41, 5.74) is 0. The number of rotatable bonds is 6. The Kier molecular flexibility index (Phi) is 7.04. The van der Waals surface area contributed by atoms with E-state index >= 15 is 0 Å². The molecule has 0 fully saturated rings. The number of terminal acetylenes is 1. The molecule has 74 valence electrons. The summed E-state index contributed by atoms with van der Waals surface area (Å²) in [6.07, 6.45) is 6.62. The van der Waals surface area contributed by atoms with E-state index < -0.39 is 0 Å². The molecular formula is C10H18N2O. The zero-order chi connectivity index (χ0) is 10.1. The van der Waals surface area contributed by atoms with E-state index in [0.29, 0.717) is 13.0 Å². The summed E-state index contributed by atoms with van der Waals surface area (Å²) in [5, 5.41) is 5.84. The lowest BCUT2D eigenvalue weighted by molar-refractivity contribution is -0.120. The number of carbonyl (C=O) groups is 1. The van der Waals surface area contributed by atoms with Crippen LogP contribution >= 0.6 is 0 Å². The highest BCUT2D eigenvalue weighted by Gasteiger charge is 2.00. The molecule has 0 bridgehead atoms. The van der Waals surface area contributed by atoms with Crippen LogP contribution in [0.3, 0.4) is 0 Å². The molecule has 13 heavy (non-hydrogen) atoms. The minimum Gasteiger partial charge on any atom is -0.356 e. The summed E-state index contributed by atoms with van der Waals surface area (Å²) in [6, 6.07) is 0.0407. The van der Waals surface area contributed by atoms with Crippen molar-refractivity contribution in [2.75, 3.05) is 13.1 Å². The second-order valence-corrected chi connectivity index (χ2v) is 2.94. The molecular weight excluding hydrogens is 164 g/mol. The first-order valence-electron chi connectivity index (χ1n) is 4.67. The quantitative estimate of drug-likeness (QED) is 0.588. The van der Waals surface area contributed by atoms with Crippen LogP contribution < -0.4 is 10.6 Å². The number of hydrogen-bond donors (Lipinski definition) is 2. The molecule has 1 unspecified atom stereocenters. The first-order valence-corrected chi connectivity index (χ1v) is 4.67. The first kappa shape index (κ1) is 12.0. The second kappa shape index (κ2) is 7.63. The van der Waals surface area contributed by atoms with Gasteiger partial charge in [-0.25, -0.2) is 0 Å². The minimum atomic E-state index is 0.0407. The Labute approximate surface area is 80.3 Å². The Hall–Kier alpha value is -1.01. The number of hydrogen-bond acceptors (Lipinski definition) is 2. The maximum absolute atomic E-state index is 11.1. The van der Waals surface area contributed by atoms with Crippen molar-refractivity contribution in [2.45, 2.75) is 32.7 Å². The van der Waals surface area contributed by atoms with E-state index in [9.17, 15) is 4.79 Å². The van der Waals surface area contributed by atoms with Gasteiger partial charge < -0.3 is 10.6 Å². The van der Waals surface area contributed by atoms with Crippen molar-refractivity contribution in [2.24, 2.45) is 0 Å². The predicted octanol–water partition coefficient (Wildman–Crippen LogP) is 0.514. The molecule has 2 N–H and O–H groups in total. The van der Waals surface area contributed by atoms with Gasteiger partial charge in [0.1, 0.15) is 0 Å². The van der Waals surface area contributed by atoms with E-state index in [1.54, 1.807) is 0 Å². The topological polar surface area (TPSA) is 41.1 Å². The molecule has 0 radical (unpaired) electrons. The van der Waals surface area contributed by atoms with E-state index in [2.05, 4.69) is 16.6 Å². The lowest BCUT2D eigenvalue weighted by Gasteiger charge is -2.07. The SMILES string of the molecule is C#CC(C)NCCC(=O)NCCC. The van der Waals surface area contributed by atoms with E-state index in [1.165, 1.54) is 0 Å².